The molecule has 0 saturated carbocycles. The first-order chi connectivity index (χ1) is 9.56. The summed E-state index contributed by atoms with van der Waals surface area (Å²) in [5, 5.41) is 14.6. The van der Waals surface area contributed by atoms with Crippen LogP contribution in [-0.2, 0) is 16.0 Å². The van der Waals surface area contributed by atoms with Crippen LogP contribution in [0.1, 0.15) is 32.3 Å². The first-order valence-electron chi connectivity index (χ1n) is 6.91. The fourth-order valence-electron chi connectivity index (χ4n) is 1.79. The number of carbonyl (C=O) groups is 2. The summed E-state index contributed by atoms with van der Waals surface area (Å²) in [7, 11) is 0. The molecule has 0 saturated heterocycles. The average molecular weight is 278 g/mol. The van der Waals surface area contributed by atoms with Crippen molar-refractivity contribution in [2.45, 2.75) is 39.2 Å². The Morgan fingerprint density at radius 3 is 2.35 bits per heavy atom. The van der Waals surface area contributed by atoms with Crippen molar-refractivity contribution in [1.29, 1.82) is 0 Å². The predicted molar refractivity (Wildman–Crippen MR) is 78.8 cm³/mol. The number of hydrogen-bond donors (Lipinski definition) is 3. The van der Waals surface area contributed by atoms with E-state index in [1.807, 2.05) is 31.2 Å². The molecule has 0 aliphatic heterocycles. The summed E-state index contributed by atoms with van der Waals surface area (Å²) in [6, 6.07) is 6.70. The standard InChI is InChI=1S/C15H22N2O3/c1-3-9-16-13(15(19)20)10-14(18)17-12-7-5-11(4-2)6-8-12/h5-8,13,16H,3-4,9-10H2,1-2H3,(H,17,18)(H,19,20)/t13-/m0/s1. The maximum atomic E-state index is 11.8. The Labute approximate surface area is 119 Å². The molecule has 0 aromatic heterocycles. The number of aryl methyl sites for hydroxylation is 1. The zero-order valence-corrected chi connectivity index (χ0v) is 12.0. The summed E-state index contributed by atoms with van der Waals surface area (Å²) in [5.41, 5.74) is 1.88. The number of carboxylic acid groups (broad SMARTS) is 1. The first kappa shape index (κ1) is 16.2. The Morgan fingerprint density at radius 1 is 1.20 bits per heavy atom. The summed E-state index contributed by atoms with van der Waals surface area (Å²) in [6.45, 7) is 4.58. The van der Waals surface area contributed by atoms with E-state index in [-0.39, 0.29) is 12.3 Å². The summed E-state index contributed by atoms with van der Waals surface area (Å²) in [4.78, 5) is 22.9. The van der Waals surface area contributed by atoms with Gasteiger partial charge in [0.25, 0.3) is 0 Å². The Bertz CT molecular complexity index is 443. The summed E-state index contributed by atoms with van der Waals surface area (Å²) in [6.07, 6.45) is 1.69. The Balaban J connectivity index is 2.53. The topological polar surface area (TPSA) is 78.4 Å². The molecule has 1 aromatic rings. The van der Waals surface area contributed by atoms with E-state index in [1.165, 1.54) is 5.56 Å². The van der Waals surface area contributed by atoms with Gasteiger partial charge in [-0.1, -0.05) is 26.0 Å². The maximum absolute atomic E-state index is 11.8. The van der Waals surface area contributed by atoms with Crippen LogP contribution in [0, 0.1) is 0 Å². The van der Waals surface area contributed by atoms with Gasteiger partial charge in [0.15, 0.2) is 0 Å². The van der Waals surface area contributed by atoms with Crippen molar-refractivity contribution in [3.05, 3.63) is 29.8 Å². The molecule has 1 amide bonds. The van der Waals surface area contributed by atoms with E-state index >= 15 is 0 Å². The lowest BCUT2D eigenvalue weighted by Gasteiger charge is -2.13. The normalized spacial score (nSPS) is 11.9. The molecule has 0 spiro atoms. The van der Waals surface area contributed by atoms with Gasteiger partial charge in [-0.05, 0) is 37.1 Å². The predicted octanol–water partition coefficient (Wildman–Crippen LogP) is 2.03. The fourth-order valence-corrected chi connectivity index (χ4v) is 1.79. The van der Waals surface area contributed by atoms with E-state index in [4.69, 9.17) is 5.11 Å². The molecule has 5 heteroatoms. The molecule has 0 fully saturated rings. The lowest BCUT2D eigenvalue weighted by molar-refractivity contribution is -0.141. The number of benzene rings is 1. The lowest BCUT2D eigenvalue weighted by Crippen LogP contribution is -2.40. The van der Waals surface area contributed by atoms with Crippen LogP contribution in [-0.4, -0.2) is 29.6 Å². The molecule has 3 N–H and O–H groups in total. The molecule has 5 nitrogen and oxygen atoms in total. The van der Waals surface area contributed by atoms with Gasteiger partial charge < -0.3 is 15.7 Å². The summed E-state index contributed by atoms with van der Waals surface area (Å²) in [5.74, 6) is -1.31. The molecule has 0 unspecified atom stereocenters. The third kappa shape index (κ3) is 5.40. The molecule has 0 aliphatic rings. The van der Waals surface area contributed by atoms with Gasteiger partial charge in [0.1, 0.15) is 6.04 Å². The van der Waals surface area contributed by atoms with Crippen molar-refractivity contribution in [3.8, 4) is 0 Å². The Morgan fingerprint density at radius 2 is 1.85 bits per heavy atom. The van der Waals surface area contributed by atoms with Crippen LogP contribution in [0.15, 0.2) is 24.3 Å². The van der Waals surface area contributed by atoms with Crippen LogP contribution in [0.4, 0.5) is 5.69 Å². The fraction of sp³-hybridized carbons (Fsp3) is 0.467. The van der Waals surface area contributed by atoms with E-state index in [2.05, 4.69) is 17.6 Å². The highest BCUT2D eigenvalue weighted by molar-refractivity contribution is 5.94. The van der Waals surface area contributed by atoms with Crippen molar-refractivity contribution in [2.24, 2.45) is 0 Å². The smallest absolute Gasteiger partial charge is 0.321 e. The minimum Gasteiger partial charge on any atom is -0.480 e. The molecule has 1 rings (SSSR count). The molecular formula is C15H22N2O3. The van der Waals surface area contributed by atoms with Crippen LogP contribution in [0.3, 0.4) is 0 Å². The van der Waals surface area contributed by atoms with Crippen LogP contribution in [0.2, 0.25) is 0 Å². The molecule has 0 bridgehead atoms. The highest BCUT2D eigenvalue weighted by atomic mass is 16.4. The third-order valence-corrected chi connectivity index (χ3v) is 2.97. The monoisotopic (exact) mass is 278 g/mol. The van der Waals surface area contributed by atoms with Crippen molar-refractivity contribution >= 4 is 17.6 Å². The quantitative estimate of drug-likeness (QED) is 0.680. The average Bonchev–Trinajstić information content (AvgIpc) is 2.44. The van der Waals surface area contributed by atoms with Crippen molar-refractivity contribution in [1.82, 2.24) is 5.32 Å². The second kappa shape index (κ2) is 8.32. The molecule has 20 heavy (non-hydrogen) atoms. The van der Waals surface area contributed by atoms with Crippen LogP contribution in [0.5, 0.6) is 0 Å². The number of aliphatic carboxylic acids is 1. The van der Waals surface area contributed by atoms with Crippen molar-refractivity contribution < 1.29 is 14.7 Å². The zero-order valence-electron chi connectivity index (χ0n) is 12.0. The van der Waals surface area contributed by atoms with Gasteiger partial charge in [-0.25, -0.2) is 0 Å². The Kier molecular flexibility index (Phi) is 6.73. The van der Waals surface area contributed by atoms with Gasteiger partial charge in [0.2, 0.25) is 5.91 Å². The minimum atomic E-state index is -1.00. The van der Waals surface area contributed by atoms with Gasteiger partial charge >= 0.3 is 5.97 Å². The van der Waals surface area contributed by atoms with Crippen LogP contribution < -0.4 is 10.6 Å². The number of carboxylic acids is 1. The maximum Gasteiger partial charge on any atom is 0.321 e. The van der Waals surface area contributed by atoms with E-state index in [0.717, 1.165) is 12.8 Å². The van der Waals surface area contributed by atoms with Crippen molar-refractivity contribution in [3.63, 3.8) is 0 Å². The Hall–Kier alpha value is -1.88. The highest BCUT2D eigenvalue weighted by Gasteiger charge is 2.20. The second-order valence-corrected chi connectivity index (χ2v) is 4.65. The molecule has 1 atom stereocenters. The third-order valence-electron chi connectivity index (χ3n) is 2.97. The summed E-state index contributed by atoms with van der Waals surface area (Å²) >= 11 is 0. The SMILES string of the molecule is CCCN[C@@H](CC(=O)Nc1ccc(CC)cc1)C(=O)O. The van der Waals surface area contributed by atoms with E-state index in [1.54, 1.807) is 0 Å². The molecule has 110 valence electrons. The van der Waals surface area contributed by atoms with Gasteiger partial charge in [0.05, 0.1) is 6.42 Å². The van der Waals surface area contributed by atoms with Gasteiger partial charge in [-0.3, -0.25) is 9.59 Å². The van der Waals surface area contributed by atoms with E-state index in [9.17, 15) is 9.59 Å². The number of amides is 1. The molecule has 1 aromatic carbocycles. The van der Waals surface area contributed by atoms with E-state index in [0.29, 0.717) is 12.2 Å². The number of hydrogen-bond acceptors (Lipinski definition) is 3. The molecule has 0 aliphatic carbocycles. The second-order valence-electron chi connectivity index (χ2n) is 4.65. The molecule has 0 radical (unpaired) electrons. The van der Waals surface area contributed by atoms with Gasteiger partial charge in [-0.2, -0.15) is 0 Å². The van der Waals surface area contributed by atoms with Gasteiger partial charge in [0, 0.05) is 5.69 Å². The zero-order chi connectivity index (χ0) is 15.0. The van der Waals surface area contributed by atoms with Crippen molar-refractivity contribution in [2.75, 3.05) is 11.9 Å². The van der Waals surface area contributed by atoms with Crippen LogP contribution >= 0.6 is 0 Å². The number of carbonyl (C=O) groups excluding carboxylic acids is 1. The first-order valence-corrected chi connectivity index (χ1v) is 6.91. The molecule has 0 heterocycles. The molecular weight excluding hydrogens is 256 g/mol. The van der Waals surface area contributed by atoms with Gasteiger partial charge in [-0.15, -0.1) is 0 Å². The number of anilines is 1. The van der Waals surface area contributed by atoms with Crippen LogP contribution in [0.25, 0.3) is 0 Å². The number of nitrogens with one attached hydrogen (secondary N) is 2. The lowest BCUT2D eigenvalue weighted by atomic mass is 10.1. The number of rotatable bonds is 8. The largest absolute Gasteiger partial charge is 0.480 e. The minimum absolute atomic E-state index is 0.0785. The van der Waals surface area contributed by atoms with E-state index < -0.39 is 12.0 Å². The highest BCUT2D eigenvalue weighted by Crippen LogP contribution is 2.10. The summed E-state index contributed by atoms with van der Waals surface area (Å²) < 4.78 is 0.